The van der Waals surface area contributed by atoms with Crippen LogP contribution in [0.1, 0.15) is 40.2 Å². The van der Waals surface area contributed by atoms with Crippen molar-refractivity contribution in [3.8, 4) is 11.5 Å². The van der Waals surface area contributed by atoms with Crippen molar-refractivity contribution in [3.63, 3.8) is 0 Å². The standard InChI is InChI=1S/C22H24N4O4S/c1-15-3-4-19(13-20(15)25-31(2,28)29)22(27)26-11-9-17(10-12-26)16-5-7-18(8-6-16)21-24-23-14-30-21/h3-8,13-14,17,25H,9-12H2,1-2H3. The molecule has 162 valence electrons. The topological polar surface area (TPSA) is 105 Å². The van der Waals surface area contributed by atoms with Crippen molar-refractivity contribution in [2.24, 2.45) is 0 Å². The predicted octanol–water partition coefficient (Wildman–Crippen LogP) is 3.44. The number of carbonyl (C=O) groups is 1. The molecule has 3 aromatic rings. The van der Waals surface area contributed by atoms with E-state index >= 15 is 0 Å². The third-order valence-corrected chi connectivity index (χ3v) is 6.14. The molecular formula is C22H24N4O4S. The smallest absolute Gasteiger partial charge is 0.253 e. The van der Waals surface area contributed by atoms with Crippen molar-refractivity contribution in [1.29, 1.82) is 0 Å². The van der Waals surface area contributed by atoms with Gasteiger partial charge < -0.3 is 9.32 Å². The van der Waals surface area contributed by atoms with Crippen LogP contribution in [0.15, 0.2) is 53.3 Å². The van der Waals surface area contributed by atoms with Gasteiger partial charge in [0.25, 0.3) is 5.91 Å². The quantitative estimate of drug-likeness (QED) is 0.652. The zero-order valence-corrected chi connectivity index (χ0v) is 18.2. The molecule has 0 atom stereocenters. The van der Waals surface area contributed by atoms with E-state index in [1.54, 1.807) is 25.1 Å². The molecule has 0 radical (unpaired) electrons. The number of amides is 1. The summed E-state index contributed by atoms with van der Waals surface area (Å²) in [6.07, 6.45) is 4.14. The predicted molar refractivity (Wildman–Crippen MR) is 117 cm³/mol. The molecule has 8 nitrogen and oxygen atoms in total. The first kappa shape index (κ1) is 21.0. The molecule has 1 N–H and O–H groups in total. The Morgan fingerprint density at radius 1 is 1.13 bits per heavy atom. The van der Waals surface area contributed by atoms with Crippen LogP contribution < -0.4 is 4.72 Å². The summed E-state index contributed by atoms with van der Waals surface area (Å²) >= 11 is 0. The van der Waals surface area contributed by atoms with Crippen LogP contribution in [0, 0.1) is 6.92 Å². The van der Waals surface area contributed by atoms with Gasteiger partial charge in [-0.05, 0) is 61.1 Å². The molecule has 0 saturated carbocycles. The van der Waals surface area contributed by atoms with Crippen LogP contribution in [0.25, 0.3) is 11.5 Å². The van der Waals surface area contributed by atoms with Gasteiger partial charge >= 0.3 is 0 Å². The molecule has 1 saturated heterocycles. The van der Waals surface area contributed by atoms with Gasteiger partial charge in [-0.15, -0.1) is 10.2 Å². The average molecular weight is 441 g/mol. The number of hydrogen-bond acceptors (Lipinski definition) is 6. The second-order valence-corrected chi connectivity index (χ2v) is 9.58. The molecular weight excluding hydrogens is 416 g/mol. The molecule has 0 bridgehead atoms. The monoisotopic (exact) mass is 440 g/mol. The first-order valence-electron chi connectivity index (χ1n) is 10.0. The highest BCUT2D eigenvalue weighted by Crippen LogP contribution is 2.30. The van der Waals surface area contributed by atoms with Crippen molar-refractivity contribution in [3.05, 3.63) is 65.5 Å². The number of benzene rings is 2. The van der Waals surface area contributed by atoms with Gasteiger partial charge in [-0.25, -0.2) is 8.42 Å². The third-order valence-electron chi connectivity index (χ3n) is 5.55. The lowest BCUT2D eigenvalue weighted by molar-refractivity contribution is 0.0713. The van der Waals surface area contributed by atoms with Crippen LogP contribution in [-0.2, 0) is 10.0 Å². The van der Waals surface area contributed by atoms with Crippen LogP contribution in [0.5, 0.6) is 0 Å². The summed E-state index contributed by atoms with van der Waals surface area (Å²) in [7, 11) is -3.41. The molecule has 9 heteroatoms. The lowest BCUT2D eigenvalue weighted by Crippen LogP contribution is -2.38. The highest BCUT2D eigenvalue weighted by atomic mass is 32.2. The molecule has 2 aromatic carbocycles. The summed E-state index contributed by atoms with van der Waals surface area (Å²) in [6, 6.07) is 13.2. The Bertz CT molecular complexity index is 1170. The van der Waals surface area contributed by atoms with Crippen LogP contribution in [0.2, 0.25) is 0 Å². The number of sulfonamides is 1. The van der Waals surface area contributed by atoms with Gasteiger partial charge in [0.05, 0.1) is 11.9 Å². The number of hydrogen-bond donors (Lipinski definition) is 1. The Morgan fingerprint density at radius 3 is 2.45 bits per heavy atom. The second-order valence-electron chi connectivity index (χ2n) is 7.84. The van der Waals surface area contributed by atoms with E-state index in [2.05, 4.69) is 27.1 Å². The zero-order valence-electron chi connectivity index (χ0n) is 17.4. The first-order chi connectivity index (χ1) is 14.8. The van der Waals surface area contributed by atoms with E-state index in [1.165, 1.54) is 12.0 Å². The Kier molecular flexibility index (Phi) is 5.77. The van der Waals surface area contributed by atoms with Gasteiger partial charge in [-0.2, -0.15) is 0 Å². The SMILES string of the molecule is Cc1ccc(C(=O)N2CCC(c3ccc(-c4nnco4)cc3)CC2)cc1NS(C)(=O)=O. The molecule has 1 fully saturated rings. The van der Waals surface area contributed by atoms with E-state index in [1.807, 2.05) is 17.0 Å². The number of nitrogens with one attached hydrogen (secondary N) is 1. The van der Waals surface area contributed by atoms with E-state index in [-0.39, 0.29) is 5.91 Å². The summed E-state index contributed by atoms with van der Waals surface area (Å²) in [4.78, 5) is 14.8. The number of likely N-dealkylation sites (tertiary alicyclic amines) is 1. The fraction of sp³-hybridized carbons (Fsp3) is 0.318. The number of rotatable bonds is 5. The summed E-state index contributed by atoms with van der Waals surface area (Å²) in [5.41, 5.74) is 3.80. The van der Waals surface area contributed by atoms with E-state index < -0.39 is 10.0 Å². The number of aromatic nitrogens is 2. The summed E-state index contributed by atoms with van der Waals surface area (Å²) in [5, 5.41) is 7.62. The Labute approximate surface area is 181 Å². The summed E-state index contributed by atoms with van der Waals surface area (Å²) in [5.74, 6) is 0.790. The van der Waals surface area contributed by atoms with Crippen molar-refractivity contribution in [1.82, 2.24) is 15.1 Å². The third kappa shape index (κ3) is 4.93. The van der Waals surface area contributed by atoms with Crippen molar-refractivity contribution in [2.75, 3.05) is 24.1 Å². The van der Waals surface area contributed by atoms with Gasteiger partial charge in [0.1, 0.15) is 0 Å². The lowest BCUT2D eigenvalue weighted by Gasteiger charge is -2.32. The molecule has 0 unspecified atom stereocenters. The molecule has 4 rings (SSSR count). The number of aryl methyl sites for hydroxylation is 1. The molecule has 1 aliphatic heterocycles. The Morgan fingerprint density at radius 2 is 1.84 bits per heavy atom. The minimum Gasteiger partial charge on any atom is -0.423 e. The molecule has 1 aromatic heterocycles. The van der Waals surface area contributed by atoms with E-state index in [0.717, 1.165) is 30.2 Å². The van der Waals surface area contributed by atoms with Crippen molar-refractivity contribution in [2.45, 2.75) is 25.7 Å². The van der Waals surface area contributed by atoms with Gasteiger partial charge in [0, 0.05) is 24.2 Å². The van der Waals surface area contributed by atoms with Crippen LogP contribution in [0.3, 0.4) is 0 Å². The molecule has 1 aliphatic rings. The highest BCUT2D eigenvalue weighted by Gasteiger charge is 2.25. The van der Waals surface area contributed by atoms with Crippen molar-refractivity contribution < 1.29 is 17.6 Å². The first-order valence-corrected chi connectivity index (χ1v) is 11.9. The largest absolute Gasteiger partial charge is 0.423 e. The molecule has 2 heterocycles. The molecule has 0 aliphatic carbocycles. The normalized spacial score (nSPS) is 15.1. The second kappa shape index (κ2) is 8.50. The molecule has 1 amide bonds. The van der Waals surface area contributed by atoms with Crippen LogP contribution in [-0.4, -0.2) is 48.8 Å². The fourth-order valence-corrected chi connectivity index (χ4v) is 4.48. The van der Waals surface area contributed by atoms with E-state index in [9.17, 15) is 13.2 Å². The number of piperidine rings is 1. The van der Waals surface area contributed by atoms with Crippen molar-refractivity contribution >= 4 is 21.6 Å². The zero-order chi connectivity index (χ0) is 22.0. The number of nitrogens with zero attached hydrogens (tertiary/aromatic N) is 3. The number of carbonyl (C=O) groups excluding carboxylic acids is 1. The lowest BCUT2D eigenvalue weighted by atomic mass is 9.88. The maximum atomic E-state index is 13.0. The highest BCUT2D eigenvalue weighted by molar-refractivity contribution is 7.92. The maximum absolute atomic E-state index is 13.0. The van der Waals surface area contributed by atoms with E-state index in [4.69, 9.17) is 4.42 Å². The number of anilines is 1. The van der Waals surface area contributed by atoms with Gasteiger partial charge in [0.15, 0.2) is 0 Å². The van der Waals surface area contributed by atoms with Gasteiger partial charge in [-0.1, -0.05) is 18.2 Å². The summed E-state index contributed by atoms with van der Waals surface area (Å²) < 4.78 is 30.9. The van der Waals surface area contributed by atoms with E-state index in [0.29, 0.717) is 36.1 Å². The van der Waals surface area contributed by atoms with Gasteiger partial charge in [0.2, 0.25) is 22.3 Å². The van der Waals surface area contributed by atoms with Crippen LogP contribution in [0.4, 0.5) is 5.69 Å². The molecule has 31 heavy (non-hydrogen) atoms. The van der Waals surface area contributed by atoms with Gasteiger partial charge in [-0.3, -0.25) is 9.52 Å². The fourth-order valence-electron chi connectivity index (χ4n) is 3.86. The minimum atomic E-state index is -3.41. The average Bonchev–Trinajstić information content (AvgIpc) is 3.29. The maximum Gasteiger partial charge on any atom is 0.253 e. The molecule has 0 spiro atoms. The minimum absolute atomic E-state index is 0.0817. The Hall–Kier alpha value is -3.20. The van der Waals surface area contributed by atoms with Crippen LogP contribution >= 0.6 is 0 Å². The Balaban J connectivity index is 1.40. The summed E-state index contributed by atoms with van der Waals surface area (Å²) in [6.45, 7) is 3.10.